The lowest BCUT2D eigenvalue weighted by Gasteiger charge is -2.49. The summed E-state index contributed by atoms with van der Waals surface area (Å²) in [6.07, 6.45) is 5.23. The first-order chi connectivity index (χ1) is 9.65. The van der Waals surface area contributed by atoms with E-state index in [1.165, 1.54) is 12.8 Å². The van der Waals surface area contributed by atoms with Gasteiger partial charge in [0.1, 0.15) is 0 Å². The summed E-state index contributed by atoms with van der Waals surface area (Å²) in [7, 11) is 0. The van der Waals surface area contributed by atoms with Crippen LogP contribution in [0.4, 0.5) is 0 Å². The van der Waals surface area contributed by atoms with Crippen LogP contribution in [0.5, 0.6) is 0 Å². The molecule has 2 fully saturated rings. The normalized spacial score (nSPS) is 36.6. The molecular formula is C16H32N2O2. The summed E-state index contributed by atoms with van der Waals surface area (Å²) in [4.78, 5) is 2.61. The molecule has 2 rings (SSSR count). The molecule has 5 atom stereocenters. The molecule has 2 aliphatic rings. The van der Waals surface area contributed by atoms with Crippen molar-refractivity contribution in [2.75, 3.05) is 26.2 Å². The zero-order chi connectivity index (χ0) is 14.5. The van der Waals surface area contributed by atoms with E-state index in [0.29, 0.717) is 12.0 Å². The van der Waals surface area contributed by atoms with Crippen molar-refractivity contribution in [1.82, 2.24) is 10.2 Å². The van der Waals surface area contributed by atoms with Crippen molar-refractivity contribution in [2.45, 2.75) is 64.1 Å². The van der Waals surface area contributed by atoms with E-state index in [4.69, 9.17) is 5.11 Å². The van der Waals surface area contributed by atoms with E-state index >= 15 is 0 Å². The van der Waals surface area contributed by atoms with Crippen LogP contribution >= 0.6 is 0 Å². The summed E-state index contributed by atoms with van der Waals surface area (Å²) in [5.41, 5.74) is 0. The highest BCUT2D eigenvalue weighted by Crippen LogP contribution is 2.35. The first-order valence-electron chi connectivity index (χ1n) is 8.42. The Kier molecular flexibility index (Phi) is 6.27. The van der Waals surface area contributed by atoms with Gasteiger partial charge in [0.25, 0.3) is 0 Å². The van der Waals surface area contributed by atoms with Gasteiger partial charge in [-0.25, -0.2) is 0 Å². The maximum absolute atomic E-state index is 10.2. The lowest BCUT2D eigenvalue weighted by Crippen LogP contribution is -2.58. The lowest BCUT2D eigenvalue weighted by atomic mass is 9.77. The average molecular weight is 284 g/mol. The largest absolute Gasteiger partial charge is 0.396 e. The Hall–Kier alpha value is -0.160. The maximum Gasteiger partial charge on any atom is 0.0578 e. The number of aliphatic hydroxyl groups excluding tert-OH is 2. The van der Waals surface area contributed by atoms with Crippen molar-refractivity contribution in [3.63, 3.8) is 0 Å². The predicted octanol–water partition coefficient (Wildman–Crippen LogP) is 1.22. The predicted molar refractivity (Wildman–Crippen MR) is 81.7 cm³/mol. The summed E-state index contributed by atoms with van der Waals surface area (Å²) >= 11 is 0. The zero-order valence-electron chi connectivity index (χ0n) is 13.1. The smallest absolute Gasteiger partial charge is 0.0578 e. The monoisotopic (exact) mass is 284 g/mol. The maximum atomic E-state index is 10.2. The van der Waals surface area contributed by atoms with Gasteiger partial charge in [0.15, 0.2) is 0 Å². The van der Waals surface area contributed by atoms with E-state index < -0.39 is 0 Å². The minimum absolute atomic E-state index is 0.171. The second-order valence-corrected chi connectivity index (χ2v) is 6.78. The lowest BCUT2D eigenvalue weighted by molar-refractivity contribution is -0.0161. The van der Waals surface area contributed by atoms with Crippen molar-refractivity contribution in [1.29, 1.82) is 0 Å². The molecule has 4 heteroatoms. The fourth-order valence-electron chi connectivity index (χ4n) is 3.78. The fourth-order valence-corrected chi connectivity index (χ4v) is 3.78. The van der Waals surface area contributed by atoms with Crippen LogP contribution in [0.2, 0.25) is 0 Å². The second kappa shape index (κ2) is 7.74. The van der Waals surface area contributed by atoms with Crippen LogP contribution in [0.15, 0.2) is 0 Å². The van der Waals surface area contributed by atoms with Crippen LogP contribution in [0.3, 0.4) is 0 Å². The van der Waals surface area contributed by atoms with Crippen LogP contribution in [-0.4, -0.2) is 59.5 Å². The second-order valence-electron chi connectivity index (χ2n) is 6.78. The molecule has 0 aromatic carbocycles. The Morgan fingerprint density at radius 3 is 2.65 bits per heavy atom. The highest BCUT2D eigenvalue weighted by Gasteiger charge is 2.38. The van der Waals surface area contributed by atoms with Crippen LogP contribution in [-0.2, 0) is 0 Å². The molecule has 1 aliphatic carbocycles. The molecular weight excluding hydrogens is 252 g/mol. The van der Waals surface area contributed by atoms with Gasteiger partial charge in [0.05, 0.1) is 6.10 Å². The topological polar surface area (TPSA) is 55.7 Å². The van der Waals surface area contributed by atoms with E-state index in [1.807, 2.05) is 0 Å². The molecule has 3 N–H and O–H groups in total. The van der Waals surface area contributed by atoms with Gasteiger partial charge >= 0.3 is 0 Å². The van der Waals surface area contributed by atoms with E-state index in [-0.39, 0.29) is 12.7 Å². The molecule has 20 heavy (non-hydrogen) atoms. The minimum Gasteiger partial charge on any atom is -0.396 e. The third-order valence-electron chi connectivity index (χ3n) is 5.29. The molecule has 1 saturated heterocycles. The Morgan fingerprint density at radius 2 is 2.10 bits per heavy atom. The molecule has 0 amide bonds. The fraction of sp³-hybridized carbons (Fsp3) is 1.00. The van der Waals surface area contributed by atoms with Crippen LogP contribution < -0.4 is 5.32 Å². The molecule has 0 radical (unpaired) electrons. The first-order valence-corrected chi connectivity index (χ1v) is 8.42. The van der Waals surface area contributed by atoms with Crippen molar-refractivity contribution < 1.29 is 10.2 Å². The van der Waals surface area contributed by atoms with Crippen LogP contribution in [0.25, 0.3) is 0 Å². The molecule has 1 aliphatic heterocycles. The molecule has 5 unspecified atom stereocenters. The van der Waals surface area contributed by atoms with Crippen molar-refractivity contribution in [2.24, 2.45) is 11.8 Å². The quantitative estimate of drug-likeness (QED) is 0.615. The number of hydrogen-bond acceptors (Lipinski definition) is 4. The average Bonchev–Trinajstić information content (AvgIpc) is 2.45. The standard InChI is InChI=1S/C16H32N2O2/c1-3-16(20)13-9-14(17-7-4-8-19)11-18(10-13)15-6-5-12(15)2/h12-17,19-20H,3-11H2,1-2H3. The highest BCUT2D eigenvalue weighted by atomic mass is 16.3. The molecule has 118 valence electrons. The molecule has 0 bridgehead atoms. The van der Waals surface area contributed by atoms with Crippen LogP contribution in [0.1, 0.15) is 46.0 Å². The van der Waals surface area contributed by atoms with Crippen LogP contribution in [0, 0.1) is 11.8 Å². The van der Waals surface area contributed by atoms with Gasteiger partial charge in [-0.15, -0.1) is 0 Å². The molecule has 1 heterocycles. The van der Waals surface area contributed by atoms with E-state index in [0.717, 1.165) is 50.9 Å². The minimum atomic E-state index is -0.171. The summed E-state index contributed by atoms with van der Waals surface area (Å²) in [6.45, 7) is 7.72. The molecule has 0 spiro atoms. The number of piperidine rings is 1. The van der Waals surface area contributed by atoms with Crippen molar-refractivity contribution >= 4 is 0 Å². The van der Waals surface area contributed by atoms with Gasteiger partial charge in [-0.1, -0.05) is 13.8 Å². The highest BCUT2D eigenvalue weighted by molar-refractivity contribution is 4.94. The van der Waals surface area contributed by atoms with Gasteiger partial charge in [-0.2, -0.15) is 0 Å². The Bertz CT molecular complexity index is 288. The molecule has 4 nitrogen and oxygen atoms in total. The van der Waals surface area contributed by atoms with E-state index in [1.54, 1.807) is 0 Å². The van der Waals surface area contributed by atoms with Gasteiger partial charge in [0, 0.05) is 31.8 Å². The Labute approximate surface area is 123 Å². The van der Waals surface area contributed by atoms with E-state index in [9.17, 15) is 5.11 Å². The summed E-state index contributed by atoms with van der Waals surface area (Å²) in [6, 6.07) is 1.19. The molecule has 1 saturated carbocycles. The summed E-state index contributed by atoms with van der Waals surface area (Å²) in [5.74, 6) is 1.21. The third kappa shape index (κ3) is 3.94. The Morgan fingerprint density at radius 1 is 1.30 bits per heavy atom. The molecule has 0 aromatic rings. The number of rotatable bonds is 7. The van der Waals surface area contributed by atoms with Gasteiger partial charge in [0.2, 0.25) is 0 Å². The summed E-state index contributed by atoms with van der Waals surface area (Å²) < 4.78 is 0. The number of hydrogen-bond donors (Lipinski definition) is 3. The van der Waals surface area contributed by atoms with Crippen molar-refractivity contribution in [3.8, 4) is 0 Å². The number of likely N-dealkylation sites (tertiary alicyclic amines) is 1. The van der Waals surface area contributed by atoms with Crippen molar-refractivity contribution in [3.05, 3.63) is 0 Å². The molecule has 0 aromatic heterocycles. The first kappa shape index (κ1) is 16.2. The number of nitrogens with zero attached hydrogens (tertiary/aromatic N) is 1. The van der Waals surface area contributed by atoms with Gasteiger partial charge in [-0.3, -0.25) is 4.90 Å². The Balaban J connectivity index is 1.91. The SMILES string of the molecule is CCC(O)C1CC(NCCCO)CN(C2CCC2C)C1. The van der Waals surface area contributed by atoms with E-state index in [2.05, 4.69) is 24.1 Å². The van der Waals surface area contributed by atoms with Gasteiger partial charge < -0.3 is 15.5 Å². The third-order valence-corrected chi connectivity index (χ3v) is 5.29. The number of nitrogens with one attached hydrogen (secondary N) is 1. The summed E-state index contributed by atoms with van der Waals surface area (Å²) in [5, 5.41) is 22.7. The zero-order valence-corrected chi connectivity index (χ0v) is 13.1. The number of aliphatic hydroxyl groups is 2. The van der Waals surface area contributed by atoms with Gasteiger partial charge in [-0.05, 0) is 50.5 Å².